The second-order valence-electron chi connectivity index (χ2n) is 6.81. The first-order valence-corrected chi connectivity index (χ1v) is 10.9. The molecule has 2 atom stereocenters. The van der Waals surface area contributed by atoms with Gasteiger partial charge in [0.05, 0.1) is 6.10 Å². The van der Waals surface area contributed by atoms with E-state index >= 15 is 0 Å². The van der Waals surface area contributed by atoms with Crippen molar-refractivity contribution in [1.29, 1.82) is 0 Å². The molecule has 0 saturated carbocycles. The number of hydrogen-bond acceptors (Lipinski definition) is 3. The van der Waals surface area contributed by atoms with Gasteiger partial charge in [0.15, 0.2) is 0 Å². The van der Waals surface area contributed by atoms with Crippen molar-refractivity contribution in [2.75, 3.05) is 18.1 Å². The molecule has 25 heavy (non-hydrogen) atoms. The van der Waals surface area contributed by atoms with Crippen LogP contribution in [0.25, 0.3) is 0 Å². The Labute approximate surface area is 161 Å². The largest absolute Gasteiger partial charge is 0.393 e. The predicted molar refractivity (Wildman–Crippen MR) is 107 cm³/mol. The lowest BCUT2D eigenvalue weighted by atomic mass is 10.0. The fraction of sp³-hybridized carbons (Fsp3) is 0.650. The van der Waals surface area contributed by atoms with Gasteiger partial charge in [0.2, 0.25) is 5.91 Å². The van der Waals surface area contributed by atoms with E-state index in [4.69, 9.17) is 11.6 Å². The Kier molecular flexibility index (Phi) is 9.14. The van der Waals surface area contributed by atoms with Gasteiger partial charge >= 0.3 is 0 Å². The van der Waals surface area contributed by atoms with Gasteiger partial charge < -0.3 is 10.0 Å². The molecule has 1 fully saturated rings. The molecule has 5 heteroatoms. The summed E-state index contributed by atoms with van der Waals surface area (Å²) in [5, 5.41) is 11.0. The summed E-state index contributed by atoms with van der Waals surface area (Å²) in [5.41, 5.74) is 1.06. The van der Waals surface area contributed by atoms with Gasteiger partial charge in [-0.1, -0.05) is 37.1 Å². The predicted octanol–water partition coefficient (Wildman–Crippen LogP) is 4.55. The summed E-state index contributed by atoms with van der Waals surface area (Å²) < 4.78 is 0. The van der Waals surface area contributed by atoms with Crippen LogP contribution in [0.2, 0.25) is 5.02 Å². The Balaban J connectivity index is 1.73. The Morgan fingerprint density at radius 2 is 2.24 bits per heavy atom. The zero-order valence-electron chi connectivity index (χ0n) is 15.1. The number of hydrogen-bond donors (Lipinski definition) is 1. The molecule has 0 spiro atoms. The molecule has 1 saturated heterocycles. The van der Waals surface area contributed by atoms with Crippen molar-refractivity contribution < 1.29 is 9.90 Å². The number of thioether (sulfide) groups is 1. The van der Waals surface area contributed by atoms with Crippen LogP contribution in [0.5, 0.6) is 0 Å². The lowest BCUT2D eigenvalue weighted by molar-refractivity contribution is -0.128. The van der Waals surface area contributed by atoms with Gasteiger partial charge in [0, 0.05) is 29.8 Å². The van der Waals surface area contributed by atoms with Gasteiger partial charge in [-0.05, 0) is 55.6 Å². The fourth-order valence-electron chi connectivity index (χ4n) is 3.33. The van der Waals surface area contributed by atoms with Gasteiger partial charge in [-0.3, -0.25) is 4.79 Å². The monoisotopic (exact) mass is 383 g/mol. The highest BCUT2D eigenvalue weighted by molar-refractivity contribution is 7.99. The minimum atomic E-state index is -0.380. The normalized spacial score (nSPS) is 18.8. The third kappa shape index (κ3) is 7.20. The average molecular weight is 384 g/mol. The molecular formula is C20H30ClNO2S. The lowest BCUT2D eigenvalue weighted by Gasteiger charge is -2.25. The van der Waals surface area contributed by atoms with Gasteiger partial charge in [0.1, 0.15) is 0 Å². The molecular weight excluding hydrogens is 354 g/mol. The summed E-state index contributed by atoms with van der Waals surface area (Å²) in [6.07, 6.45) is 5.91. The zero-order valence-corrected chi connectivity index (χ0v) is 16.7. The van der Waals surface area contributed by atoms with E-state index in [0.29, 0.717) is 23.9 Å². The summed E-state index contributed by atoms with van der Waals surface area (Å²) in [5.74, 6) is 2.49. The van der Waals surface area contributed by atoms with Gasteiger partial charge in [-0.2, -0.15) is 11.8 Å². The smallest absolute Gasteiger partial charge is 0.222 e. The zero-order chi connectivity index (χ0) is 18.1. The van der Waals surface area contributed by atoms with Crippen molar-refractivity contribution in [2.45, 2.75) is 64.0 Å². The molecule has 1 aliphatic rings. The van der Waals surface area contributed by atoms with Crippen molar-refractivity contribution in [3.63, 3.8) is 0 Å². The van der Waals surface area contributed by atoms with E-state index in [2.05, 4.69) is 6.92 Å². The van der Waals surface area contributed by atoms with Gasteiger partial charge in [0.25, 0.3) is 0 Å². The quantitative estimate of drug-likeness (QED) is 0.570. The van der Waals surface area contributed by atoms with Crippen LogP contribution in [0, 0.1) is 0 Å². The van der Waals surface area contributed by atoms with Crippen LogP contribution in [0.1, 0.15) is 51.0 Å². The number of aliphatic hydroxyl groups excluding tert-OH is 1. The Bertz CT molecular complexity index is 540. The molecule has 0 unspecified atom stereocenters. The number of carbonyl (C=O) groups excluding carboxylic acids is 1. The first-order chi connectivity index (χ1) is 12.1. The van der Waals surface area contributed by atoms with Crippen molar-refractivity contribution in [3.8, 4) is 0 Å². The molecule has 0 radical (unpaired) electrons. The van der Waals surface area contributed by atoms with E-state index in [-0.39, 0.29) is 12.0 Å². The highest BCUT2D eigenvalue weighted by atomic mass is 35.5. The summed E-state index contributed by atoms with van der Waals surface area (Å²) in [6, 6.07) is 7.96. The Hall–Kier alpha value is -0.710. The third-order valence-electron chi connectivity index (χ3n) is 4.76. The maximum absolute atomic E-state index is 12.1. The molecule has 1 aromatic rings. The van der Waals surface area contributed by atoms with Crippen molar-refractivity contribution in [3.05, 3.63) is 34.9 Å². The minimum Gasteiger partial charge on any atom is -0.393 e. The van der Waals surface area contributed by atoms with Crippen molar-refractivity contribution >= 4 is 29.3 Å². The van der Waals surface area contributed by atoms with E-state index in [0.717, 1.165) is 37.1 Å². The molecule has 1 amide bonds. The standard InChI is InChI=1S/C20H30ClNO2S/c1-2-3-12-25-13-11-22-18(8-10-20(22)24)7-9-19(23)15-16-5-4-6-17(21)14-16/h4-6,14,18-19,23H,2-3,7-13,15H2,1H3/t18-,19+/m0/s1. The van der Waals surface area contributed by atoms with Crippen molar-refractivity contribution in [1.82, 2.24) is 4.90 Å². The maximum atomic E-state index is 12.1. The molecule has 3 nitrogen and oxygen atoms in total. The van der Waals surface area contributed by atoms with Crippen LogP contribution in [-0.4, -0.2) is 46.1 Å². The molecule has 2 rings (SSSR count). The number of amides is 1. The number of unbranched alkanes of at least 4 members (excludes halogenated alkanes) is 1. The second-order valence-corrected chi connectivity index (χ2v) is 8.47. The summed E-state index contributed by atoms with van der Waals surface area (Å²) in [6.45, 7) is 3.05. The van der Waals surface area contributed by atoms with E-state index in [1.165, 1.54) is 18.6 Å². The number of carbonyl (C=O) groups is 1. The highest BCUT2D eigenvalue weighted by Gasteiger charge is 2.30. The molecule has 1 heterocycles. The molecule has 0 bridgehead atoms. The van der Waals surface area contributed by atoms with Crippen molar-refractivity contribution in [2.24, 2.45) is 0 Å². The number of halogens is 1. The van der Waals surface area contributed by atoms with Crippen LogP contribution in [0.15, 0.2) is 24.3 Å². The summed E-state index contributed by atoms with van der Waals surface area (Å²) >= 11 is 7.94. The van der Waals surface area contributed by atoms with E-state index in [1.54, 1.807) is 0 Å². The minimum absolute atomic E-state index is 0.283. The summed E-state index contributed by atoms with van der Waals surface area (Å²) in [7, 11) is 0. The van der Waals surface area contributed by atoms with E-state index in [1.807, 2.05) is 40.9 Å². The average Bonchev–Trinajstić information content (AvgIpc) is 2.93. The number of rotatable bonds is 11. The lowest BCUT2D eigenvalue weighted by Crippen LogP contribution is -2.35. The van der Waals surface area contributed by atoms with Crippen LogP contribution in [0.3, 0.4) is 0 Å². The SMILES string of the molecule is CCCCSCCN1C(=O)CC[C@@H]1CC[C@@H](O)Cc1cccc(Cl)c1. The van der Waals surface area contributed by atoms with Crippen LogP contribution in [-0.2, 0) is 11.2 Å². The first-order valence-electron chi connectivity index (χ1n) is 9.40. The summed E-state index contributed by atoms with van der Waals surface area (Å²) in [4.78, 5) is 14.2. The van der Waals surface area contributed by atoms with E-state index in [9.17, 15) is 9.90 Å². The molecule has 0 aromatic heterocycles. The van der Waals surface area contributed by atoms with Gasteiger partial charge in [-0.15, -0.1) is 0 Å². The number of aliphatic hydroxyl groups is 1. The van der Waals surface area contributed by atoms with Crippen LogP contribution < -0.4 is 0 Å². The number of benzene rings is 1. The second kappa shape index (κ2) is 11.1. The Morgan fingerprint density at radius 3 is 3.00 bits per heavy atom. The molecule has 1 aliphatic heterocycles. The topological polar surface area (TPSA) is 40.5 Å². The molecule has 1 N–H and O–H groups in total. The number of likely N-dealkylation sites (tertiary alicyclic amines) is 1. The van der Waals surface area contributed by atoms with E-state index < -0.39 is 0 Å². The Morgan fingerprint density at radius 1 is 1.40 bits per heavy atom. The van der Waals surface area contributed by atoms with Crippen LogP contribution >= 0.6 is 23.4 Å². The highest BCUT2D eigenvalue weighted by Crippen LogP contribution is 2.24. The van der Waals surface area contributed by atoms with Gasteiger partial charge in [-0.25, -0.2) is 0 Å². The molecule has 140 valence electrons. The maximum Gasteiger partial charge on any atom is 0.222 e. The molecule has 0 aliphatic carbocycles. The molecule has 1 aromatic carbocycles. The first kappa shape index (κ1) is 20.6. The van der Waals surface area contributed by atoms with Crippen LogP contribution in [0.4, 0.5) is 0 Å². The number of nitrogens with zero attached hydrogens (tertiary/aromatic N) is 1. The fourth-order valence-corrected chi connectivity index (χ4v) is 4.57. The third-order valence-corrected chi connectivity index (χ3v) is 6.05.